The molecule has 2 rings (SSSR count). The molecule has 0 aromatic heterocycles. The van der Waals surface area contributed by atoms with E-state index in [4.69, 9.17) is 9.84 Å². The predicted molar refractivity (Wildman–Crippen MR) is 64.1 cm³/mol. The van der Waals surface area contributed by atoms with Crippen LogP contribution in [-0.2, 0) is 4.74 Å². The minimum atomic E-state index is -4.99. The van der Waals surface area contributed by atoms with Crippen molar-refractivity contribution in [1.82, 2.24) is 4.90 Å². The van der Waals surface area contributed by atoms with Gasteiger partial charge in [0, 0.05) is 14.1 Å². The van der Waals surface area contributed by atoms with Gasteiger partial charge in [0.15, 0.2) is 17.4 Å². The van der Waals surface area contributed by atoms with Crippen LogP contribution in [-0.4, -0.2) is 76.5 Å². The summed E-state index contributed by atoms with van der Waals surface area (Å²) in [5.41, 5.74) is -0.993. The van der Waals surface area contributed by atoms with E-state index in [1.54, 1.807) is 19.0 Å². The number of hydrogen-bond acceptors (Lipinski definition) is 6. The molecule has 0 radical (unpaired) electrons. The first-order valence-electron chi connectivity index (χ1n) is 5.77. The summed E-state index contributed by atoms with van der Waals surface area (Å²) in [6.45, 7) is 0. The van der Waals surface area contributed by atoms with Gasteiger partial charge in [-0.25, -0.2) is 4.39 Å². The van der Waals surface area contributed by atoms with Gasteiger partial charge in [0.2, 0.25) is 0 Å². The summed E-state index contributed by atoms with van der Waals surface area (Å²) >= 11 is 0.964. The van der Waals surface area contributed by atoms with E-state index in [0.29, 0.717) is 5.17 Å². The minimum absolute atomic E-state index is 0.400. The number of nitrogens with zero attached hydrogens (tertiary/aromatic N) is 2. The fourth-order valence-electron chi connectivity index (χ4n) is 2.01. The molecule has 2 heterocycles. The van der Waals surface area contributed by atoms with Crippen LogP contribution in [0.1, 0.15) is 0 Å². The number of hydrogen-bond donors (Lipinski definition) is 2. The van der Waals surface area contributed by atoms with Gasteiger partial charge in [-0.1, -0.05) is 11.8 Å². The van der Waals surface area contributed by atoms with Gasteiger partial charge in [0.1, 0.15) is 23.7 Å². The smallest absolute Gasteiger partial charge is 0.387 e. The fourth-order valence-corrected chi connectivity index (χ4v) is 3.14. The Morgan fingerprint density at radius 2 is 2.00 bits per heavy atom. The SMILES string of the molecule is CN(C)C1=N[C@@H]2[C@@H](F)[C@H](O)[C@@H]([C@H](O)C(F)(F)F)O[C@@H]2S1. The molecule has 1 saturated heterocycles. The van der Waals surface area contributed by atoms with Crippen molar-refractivity contribution < 1.29 is 32.5 Å². The standard InChI is InChI=1S/C10H14F4N2O3S/c1-16(2)9-15-4-3(11)5(17)6(19-8(4)20-9)7(18)10(12,13)14/h3-8,17-18H,1-2H3/t3-,4-,5+,6+,7+,8-/m1/s1. The molecule has 0 unspecified atom stereocenters. The summed E-state index contributed by atoms with van der Waals surface area (Å²) < 4.78 is 56.5. The molecule has 2 aliphatic rings. The largest absolute Gasteiger partial charge is 0.417 e. The molecule has 0 spiro atoms. The number of thioether (sulfide) groups is 1. The molecule has 0 aromatic carbocycles. The van der Waals surface area contributed by atoms with Crippen molar-refractivity contribution in [1.29, 1.82) is 0 Å². The second kappa shape index (κ2) is 5.32. The summed E-state index contributed by atoms with van der Waals surface area (Å²) in [7, 11) is 3.30. The van der Waals surface area contributed by atoms with Gasteiger partial charge in [-0.05, 0) is 0 Å². The quantitative estimate of drug-likeness (QED) is 0.684. The summed E-state index contributed by atoms with van der Waals surface area (Å²) in [4.78, 5) is 5.55. The highest BCUT2D eigenvalue weighted by molar-refractivity contribution is 8.14. The Morgan fingerprint density at radius 3 is 2.50 bits per heavy atom. The maximum Gasteiger partial charge on any atom is 0.417 e. The molecular weight excluding hydrogens is 304 g/mol. The van der Waals surface area contributed by atoms with E-state index >= 15 is 0 Å². The van der Waals surface area contributed by atoms with Gasteiger partial charge in [-0.15, -0.1) is 0 Å². The zero-order valence-electron chi connectivity index (χ0n) is 10.6. The molecule has 2 N–H and O–H groups in total. The van der Waals surface area contributed by atoms with Gasteiger partial charge in [0.05, 0.1) is 0 Å². The van der Waals surface area contributed by atoms with E-state index in [1.165, 1.54) is 0 Å². The number of aliphatic hydroxyl groups excluding tert-OH is 2. The van der Waals surface area contributed by atoms with Crippen LogP contribution >= 0.6 is 11.8 Å². The highest BCUT2D eigenvalue weighted by atomic mass is 32.2. The van der Waals surface area contributed by atoms with Crippen LogP contribution in [0, 0.1) is 0 Å². The van der Waals surface area contributed by atoms with Crippen LogP contribution in [0.2, 0.25) is 0 Å². The Labute approximate surface area is 116 Å². The zero-order valence-corrected chi connectivity index (χ0v) is 11.4. The van der Waals surface area contributed by atoms with Crippen molar-refractivity contribution in [2.24, 2.45) is 4.99 Å². The lowest BCUT2D eigenvalue weighted by Crippen LogP contribution is -2.59. The van der Waals surface area contributed by atoms with E-state index in [2.05, 4.69) is 4.99 Å². The van der Waals surface area contributed by atoms with Crippen LogP contribution in [0.3, 0.4) is 0 Å². The highest BCUT2D eigenvalue weighted by Gasteiger charge is 2.56. The highest BCUT2D eigenvalue weighted by Crippen LogP contribution is 2.40. The van der Waals surface area contributed by atoms with Crippen molar-refractivity contribution >= 4 is 16.9 Å². The van der Waals surface area contributed by atoms with Crippen LogP contribution in [0.25, 0.3) is 0 Å². The van der Waals surface area contributed by atoms with Crippen molar-refractivity contribution in [3.05, 3.63) is 0 Å². The number of ether oxygens (including phenoxy) is 1. The number of aliphatic imine (C=N–C) groups is 1. The second-order valence-corrected chi connectivity index (χ2v) is 5.87. The van der Waals surface area contributed by atoms with Gasteiger partial charge >= 0.3 is 6.18 Å². The van der Waals surface area contributed by atoms with E-state index < -0.39 is 42.1 Å². The summed E-state index contributed by atoms with van der Waals surface area (Å²) in [6, 6.07) is -1.08. The van der Waals surface area contributed by atoms with Crippen molar-refractivity contribution in [2.75, 3.05) is 14.1 Å². The lowest BCUT2D eigenvalue weighted by Gasteiger charge is -2.39. The minimum Gasteiger partial charge on any atom is -0.387 e. The third-order valence-electron chi connectivity index (χ3n) is 3.07. The number of alkyl halides is 4. The van der Waals surface area contributed by atoms with Crippen LogP contribution in [0.15, 0.2) is 4.99 Å². The van der Waals surface area contributed by atoms with Gasteiger partial charge in [-0.3, -0.25) is 4.99 Å². The first-order chi connectivity index (χ1) is 9.12. The average molecular weight is 318 g/mol. The Hall–Kier alpha value is -0.580. The first kappa shape index (κ1) is 15.8. The molecule has 1 fully saturated rings. The van der Waals surface area contributed by atoms with Gasteiger partial charge in [0.25, 0.3) is 0 Å². The molecule has 116 valence electrons. The monoisotopic (exact) mass is 318 g/mol. The van der Waals surface area contributed by atoms with Crippen LogP contribution in [0.5, 0.6) is 0 Å². The molecule has 0 aromatic rings. The van der Waals surface area contributed by atoms with Crippen molar-refractivity contribution in [3.8, 4) is 0 Å². The molecule has 10 heteroatoms. The number of fused-ring (bicyclic) bond motifs is 1. The Morgan fingerprint density at radius 1 is 1.40 bits per heavy atom. The van der Waals surface area contributed by atoms with E-state index in [9.17, 15) is 22.7 Å². The lowest BCUT2D eigenvalue weighted by atomic mass is 9.96. The fraction of sp³-hybridized carbons (Fsp3) is 0.900. The summed E-state index contributed by atoms with van der Waals surface area (Å²) in [5, 5.41) is 19.2. The van der Waals surface area contributed by atoms with Crippen molar-refractivity contribution in [2.45, 2.75) is 42.1 Å². The Bertz CT molecular complexity index is 406. The number of rotatable bonds is 1. The number of halogens is 4. The van der Waals surface area contributed by atoms with Crippen molar-refractivity contribution in [3.63, 3.8) is 0 Å². The molecule has 2 aliphatic heterocycles. The average Bonchev–Trinajstić information content (AvgIpc) is 2.76. The molecule has 0 aliphatic carbocycles. The topological polar surface area (TPSA) is 65.3 Å². The third-order valence-corrected chi connectivity index (χ3v) is 4.37. The van der Waals surface area contributed by atoms with Gasteiger partial charge < -0.3 is 19.8 Å². The maximum absolute atomic E-state index is 14.0. The van der Waals surface area contributed by atoms with E-state index in [-0.39, 0.29) is 0 Å². The second-order valence-electron chi connectivity index (χ2n) is 4.81. The van der Waals surface area contributed by atoms with E-state index in [1.807, 2.05) is 0 Å². The van der Waals surface area contributed by atoms with Crippen LogP contribution in [0.4, 0.5) is 17.6 Å². The third kappa shape index (κ3) is 2.74. The van der Waals surface area contributed by atoms with E-state index in [0.717, 1.165) is 11.8 Å². The zero-order chi connectivity index (χ0) is 15.2. The number of amidine groups is 1. The molecule has 0 saturated carbocycles. The Kier molecular flexibility index (Phi) is 4.20. The van der Waals surface area contributed by atoms with Gasteiger partial charge in [-0.2, -0.15) is 13.2 Å². The maximum atomic E-state index is 14.0. The predicted octanol–water partition coefficient (Wildman–Crippen LogP) is 0.366. The molecule has 6 atom stereocenters. The molecule has 5 nitrogen and oxygen atoms in total. The molecular formula is C10H14F4N2O3S. The van der Waals surface area contributed by atoms with Crippen LogP contribution < -0.4 is 0 Å². The Balaban J connectivity index is 2.17. The lowest BCUT2D eigenvalue weighted by molar-refractivity contribution is -0.267. The molecule has 0 bridgehead atoms. The summed E-state index contributed by atoms with van der Waals surface area (Å²) in [6.07, 6.45) is -14.1. The first-order valence-corrected chi connectivity index (χ1v) is 6.65. The molecule has 20 heavy (non-hydrogen) atoms. The molecule has 0 amide bonds. The summed E-state index contributed by atoms with van der Waals surface area (Å²) in [5.74, 6) is 0. The number of aliphatic hydroxyl groups is 2. The normalized spacial score (nSPS) is 39.2.